The summed E-state index contributed by atoms with van der Waals surface area (Å²) in [6, 6.07) is 17.5. The van der Waals surface area contributed by atoms with Gasteiger partial charge < -0.3 is 4.74 Å². The average molecular weight is 406 g/mol. The summed E-state index contributed by atoms with van der Waals surface area (Å²) in [5.74, 6) is 0.387. The number of halogens is 4. The van der Waals surface area contributed by atoms with Crippen LogP contribution in [0.25, 0.3) is 21.3 Å². The van der Waals surface area contributed by atoms with Gasteiger partial charge in [-0.15, -0.1) is 0 Å². The fourth-order valence-corrected chi connectivity index (χ4v) is 3.67. The third-order valence-electron chi connectivity index (χ3n) is 3.91. The van der Waals surface area contributed by atoms with E-state index in [0.29, 0.717) is 27.1 Å². The number of para-hydroxylation sites is 1. The molecule has 7 heteroatoms. The van der Waals surface area contributed by atoms with Crippen LogP contribution in [0.2, 0.25) is 5.02 Å². The standard InChI is InChI=1S/C20H11ClF3NOS/c21-14-8-9-17(26-19-25-16-6-1-2-7-18(16)27-19)15(11-14)12-4-3-5-13(10-12)20(22,23)24/h1-11H. The van der Waals surface area contributed by atoms with Gasteiger partial charge in [-0.2, -0.15) is 13.2 Å². The molecule has 3 aromatic carbocycles. The summed E-state index contributed by atoms with van der Waals surface area (Å²) in [6.45, 7) is 0. The molecular formula is C20H11ClF3NOS. The Labute approximate surface area is 161 Å². The van der Waals surface area contributed by atoms with E-state index in [-0.39, 0.29) is 0 Å². The van der Waals surface area contributed by atoms with Gasteiger partial charge >= 0.3 is 6.18 Å². The zero-order valence-electron chi connectivity index (χ0n) is 13.6. The Morgan fingerprint density at radius 2 is 1.74 bits per heavy atom. The van der Waals surface area contributed by atoms with E-state index in [0.717, 1.165) is 22.3 Å². The lowest BCUT2D eigenvalue weighted by Gasteiger charge is -2.12. The molecule has 0 radical (unpaired) electrons. The Bertz CT molecular complexity index is 1090. The molecule has 0 spiro atoms. The van der Waals surface area contributed by atoms with Gasteiger partial charge in [-0.05, 0) is 48.0 Å². The van der Waals surface area contributed by atoms with Crippen LogP contribution in [0.15, 0.2) is 66.7 Å². The number of benzene rings is 3. The summed E-state index contributed by atoms with van der Waals surface area (Å²) in [6.07, 6.45) is -4.43. The maximum atomic E-state index is 13.1. The lowest BCUT2D eigenvalue weighted by atomic mass is 10.0. The van der Waals surface area contributed by atoms with Crippen LogP contribution < -0.4 is 4.74 Å². The number of ether oxygens (including phenoxy) is 1. The Morgan fingerprint density at radius 1 is 0.926 bits per heavy atom. The minimum atomic E-state index is -4.43. The van der Waals surface area contributed by atoms with E-state index in [1.54, 1.807) is 24.3 Å². The maximum Gasteiger partial charge on any atom is 0.416 e. The smallest absolute Gasteiger partial charge is 0.416 e. The highest BCUT2D eigenvalue weighted by atomic mass is 35.5. The van der Waals surface area contributed by atoms with E-state index in [1.807, 2.05) is 24.3 Å². The predicted molar refractivity (Wildman–Crippen MR) is 102 cm³/mol. The molecule has 0 aliphatic heterocycles. The molecule has 0 atom stereocenters. The zero-order valence-corrected chi connectivity index (χ0v) is 15.2. The van der Waals surface area contributed by atoms with E-state index < -0.39 is 11.7 Å². The van der Waals surface area contributed by atoms with Gasteiger partial charge in [-0.25, -0.2) is 4.98 Å². The maximum absolute atomic E-state index is 13.1. The van der Waals surface area contributed by atoms with Crippen molar-refractivity contribution in [3.05, 3.63) is 77.3 Å². The summed E-state index contributed by atoms with van der Waals surface area (Å²) in [7, 11) is 0. The second-order valence-corrected chi connectivity index (χ2v) is 7.20. The molecule has 0 saturated carbocycles. The summed E-state index contributed by atoms with van der Waals surface area (Å²) in [5.41, 5.74) is 0.897. The number of fused-ring (bicyclic) bond motifs is 1. The molecule has 0 bridgehead atoms. The quantitative estimate of drug-likeness (QED) is 0.353. The largest absolute Gasteiger partial charge is 0.430 e. The molecule has 4 rings (SSSR count). The number of nitrogens with zero attached hydrogens (tertiary/aromatic N) is 1. The van der Waals surface area contributed by atoms with Crippen molar-refractivity contribution in [3.63, 3.8) is 0 Å². The zero-order chi connectivity index (χ0) is 19.0. The van der Waals surface area contributed by atoms with Crippen molar-refractivity contribution in [1.29, 1.82) is 0 Å². The summed E-state index contributed by atoms with van der Waals surface area (Å²) < 4.78 is 46.0. The average Bonchev–Trinajstić information content (AvgIpc) is 3.05. The van der Waals surface area contributed by atoms with Gasteiger partial charge in [0.2, 0.25) is 0 Å². The predicted octanol–water partition coefficient (Wildman–Crippen LogP) is 7.43. The molecule has 2 nitrogen and oxygen atoms in total. The van der Waals surface area contributed by atoms with Gasteiger partial charge in [-0.1, -0.05) is 47.2 Å². The van der Waals surface area contributed by atoms with Gasteiger partial charge in [0.25, 0.3) is 5.19 Å². The first-order valence-corrected chi connectivity index (χ1v) is 9.10. The number of hydrogen-bond acceptors (Lipinski definition) is 3. The van der Waals surface area contributed by atoms with Crippen LogP contribution in [0.3, 0.4) is 0 Å². The van der Waals surface area contributed by atoms with Crippen LogP contribution in [-0.2, 0) is 6.18 Å². The number of alkyl halides is 3. The third-order valence-corrected chi connectivity index (χ3v) is 5.06. The molecule has 1 heterocycles. The van der Waals surface area contributed by atoms with E-state index >= 15 is 0 Å². The van der Waals surface area contributed by atoms with Crippen molar-refractivity contribution in [2.24, 2.45) is 0 Å². The Balaban J connectivity index is 1.77. The van der Waals surface area contributed by atoms with E-state index in [1.165, 1.54) is 17.4 Å². The van der Waals surface area contributed by atoms with E-state index in [2.05, 4.69) is 4.98 Å². The monoisotopic (exact) mass is 405 g/mol. The summed E-state index contributed by atoms with van der Waals surface area (Å²) >= 11 is 7.43. The SMILES string of the molecule is FC(F)(F)c1cccc(-c2cc(Cl)ccc2Oc2nc3ccccc3s2)c1. The molecular weight excluding hydrogens is 395 g/mol. The Morgan fingerprint density at radius 3 is 2.52 bits per heavy atom. The van der Waals surface area contributed by atoms with Crippen molar-refractivity contribution in [2.45, 2.75) is 6.18 Å². The number of aromatic nitrogens is 1. The first-order chi connectivity index (χ1) is 12.9. The minimum absolute atomic E-state index is 0.364. The molecule has 1 aromatic heterocycles. The van der Waals surface area contributed by atoms with Crippen molar-refractivity contribution in [3.8, 4) is 22.1 Å². The second kappa shape index (κ2) is 6.87. The molecule has 0 unspecified atom stereocenters. The third kappa shape index (κ3) is 3.77. The number of rotatable bonds is 3. The van der Waals surface area contributed by atoms with Crippen molar-refractivity contribution >= 4 is 33.2 Å². The highest BCUT2D eigenvalue weighted by molar-refractivity contribution is 7.20. The fourth-order valence-electron chi connectivity index (χ4n) is 2.67. The molecule has 0 saturated heterocycles. The topological polar surface area (TPSA) is 22.1 Å². The van der Waals surface area contributed by atoms with Crippen LogP contribution in [-0.4, -0.2) is 4.98 Å². The lowest BCUT2D eigenvalue weighted by Crippen LogP contribution is -2.04. The first-order valence-electron chi connectivity index (χ1n) is 7.91. The van der Waals surface area contributed by atoms with Crippen molar-refractivity contribution < 1.29 is 17.9 Å². The molecule has 0 aliphatic carbocycles. The molecule has 0 N–H and O–H groups in total. The van der Waals surface area contributed by atoms with Crippen LogP contribution in [0.1, 0.15) is 5.56 Å². The normalized spacial score (nSPS) is 11.7. The van der Waals surface area contributed by atoms with Crippen LogP contribution >= 0.6 is 22.9 Å². The second-order valence-electron chi connectivity index (χ2n) is 5.77. The summed E-state index contributed by atoms with van der Waals surface area (Å²) in [4.78, 5) is 4.41. The molecule has 0 aliphatic rings. The highest BCUT2D eigenvalue weighted by Crippen LogP contribution is 2.39. The van der Waals surface area contributed by atoms with Gasteiger partial charge in [0, 0.05) is 10.6 Å². The van der Waals surface area contributed by atoms with Crippen LogP contribution in [0.4, 0.5) is 13.2 Å². The Hall–Kier alpha value is -2.57. The van der Waals surface area contributed by atoms with Gasteiger partial charge in [-0.3, -0.25) is 0 Å². The number of hydrogen-bond donors (Lipinski definition) is 0. The van der Waals surface area contributed by atoms with Gasteiger partial charge in [0.15, 0.2) is 0 Å². The summed E-state index contributed by atoms with van der Waals surface area (Å²) in [5, 5.41) is 0.811. The van der Waals surface area contributed by atoms with Crippen molar-refractivity contribution in [2.75, 3.05) is 0 Å². The van der Waals surface area contributed by atoms with Crippen molar-refractivity contribution in [1.82, 2.24) is 4.98 Å². The molecule has 27 heavy (non-hydrogen) atoms. The molecule has 136 valence electrons. The molecule has 0 amide bonds. The fraction of sp³-hybridized carbons (Fsp3) is 0.0500. The minimum Gasteiger partial charge on any atom is -0.430 e. The van der Waals surface area contributed by atoms with Gasteiger partial charge in [0.1, 0.15) is 5.75 Å². The van der Waals surface area contributed by atoms with E-state index in [9.17, 15) is 13.2 Å². The van der Waals surface area contributed by atoms with E-state index in [4.69, 9.17) is 16.3 Å². The Kier molecular flexibility index (Phi) is 4.53. The lowest BCUT2D eigenvalue weighted by molar-refractivity contribution is -0.137. The van der Waals surface area contributed by atoms with Gasteiger partial charge in [0.05, 0.1) is 15.8 Å². The highest BCUT2D eigenvalue weighted by Gasteiger charge is 2.30. The van der Waals surface area contributed by atoms with Crippen LogP contribution in [0, 0.1) is 0 Å². The number of thiazole rings is 1. The molecule has 0 fully saturated rings. The molecule has 4 aromatic rings. The van der Waals surface area contributed by atoms with Crippen LogP contribution in [0.5, 0.6) is 10.9 Å². The first kappa shape index (κ1) is 17.8.